The third kappa shape index (κ3) is 2.99. The number of fused-ring (bicyclic) bond motifs is 3. The third-order valence-corrected chi connectivity index (χ3v) is 6.08. The highest BCUT2D eigenvalue weighted by Crippen LogP contribution is 2.38. The molecule has 1 N–H and O–H groups in total. The first-order chi connectivity index (χ1) is 13.3. The average Bonchev–Trinajstić information content (AvgIpc) is 3.34. The molecule has 5 rings (SSSR count). The summed E-state index contributed by atoms with van der Waals surface area (Å²) in [5, 5.41) is 3.75. The van der Waals surface area contributed by atoms with Crippen molar-refractivity contribution in [2.45, 2.75) is 38.0 Å². The zero-order chi connectivity index (χ0) is 18.2. The van der Waals surface area contributed by atoms with Gasteiger partial charge in [0.15, 0.2) is 0 Å². The second-order valence-corrected chi connectivity index (χ2v) is 7.66. The highest BCUT2D eigenvalue weighted by Gasteiger charge is 2.32. The van der Waals surface area contributed by atoms with Crippen molar-refractivity contribution in [1.29, 1.82) is 0 Å². The quantitative estimate of drug-likeness (QED) is 0.526. The Morgan fingerprint density at radius 3 is 2.56 bits per heavy atom. The van der Waals surface area contributed by atoms with Gasteiger partial charge in [0.05, 0.1) is 6.61 Å². The van der Waals surface area contributed by atoms with Crippen molar-refractivity contribution < 1.29 is 4.74 Å². The molecule has 1 heterocycles. The van der Waals surface area contributed by atoms with E-state index < -0.39 is 0 Å². The van der Waals surface area contributed by atoms with E-state index in [9.17, 15) is 0 Å². The second-order valence-electron chi connectivity index (χ2n) is 7.66. The van der Waals surface area contributed by atoms with E-state index in [0.717, 1.165) is 19.4 Å². The lowest BCUT2D eigenvalue weighted by Crippen LogP contribution is -2.32. The molecule has 0 radical (unpaired) electrons. The van der Waals surface area contributed by atoms with Gasteiger partial charge in [-0.05, 0) is 46.2 Å². The van der Waals surface area contributed by atoms with Crippen LogP contribution in [0.1, 0.15) is 47.7 Å². The Labute approximate surface area is 161 Å². The fraction of sp³-hybridized carbons (Fsp3) is 0.280. The van der Waals surface area contributed by atoms with Crippen LogP contribution < -0.4 is 5.32 Å². The van der Waals surface area contributed by atoms with Crippen molar-refractivity contribution in [1.82, 2.24) is 5.32 Å². The van der Waals surface area contributed by atoms with Gasteiger partial charge in [-0.1, -0.05) is 79.7 Å². The van der Waals surface area contributed by atoms with E-state index >= 15 is 0 Å². The molecule has 2 aliphatic rings. The largest absolute Gasteiger partial charge is 0.357 e. The third-order valence-electron chi connectivity index (χ3n) is 6.08. The van der Waals surface area contributed by atoms with Crippen LogP contribution in [0.3, 0.4) is 0 Å². The fourth-order valence-corrected chi connectivity index (χ4v) is 4.70. The van der Waals surface area contributed by atoms with E-state index in [1.165, 1.54) is 33.4 Å². The van der Waals surface area contributed by atoms with E-state index in [1.807, 2.05) is 0 Å². The molecule has 136 valence electrons. The summed E-state index contributed by atoms with van der Waals surface area (Å²) in [4.78, 5) is 0. The molecule has 2 nitrogen and oxygen atoms in total. The minimum absolute atomic E-state index is 0.0122. The summed E-state index contributed by atoms with van der Waals surface area (Å²) >= 11 is 0. The van der Waals surface area contributed by atoms with Crippen LogP contribution in [0.15, 0.2) is 72.8 Å². The summed E-state index contributed by atoms with van der Waals surface area (Å²) in [6.45, 7) is 3.02. The molecule has 1 aliphatic carbocycles. The van der Waals surface area contributed by atoms with Crippen molar-refractivity contribution in [3.05, 3.63) is 95.1 Å². The lowest BCUT2D eigenvalue weighted by Gasteiger charge is -2.22. The van der Waals surface area contributed by atoms with Crippen LogP contribution in [0.5, 0.6) is 0 Å². The number of ether oxygens (including phenoxy) is 1. The molecule has 27 heavy (non-hydrogen) atoms. The normalized spacial score (nSPS) is 21.7. The first-order valence-electron chi connectivity index (χ1n) is 9.97. The summed E-state index contributed by atoms with van der Waals surface area (Å²) in [6.07, 6.45) is 2.12. The topological polar surface area (TPSA) is 21.3 Å². The Balaban J connectivity index is 1.36. The molecule has 0 aromatic heterocycles. The van der Waals surface area contributed by atoms with Crippen molar-refractivity contribution >= 4 is 0 Å². The Morgan fingerprint density at radius 2 is 1.70 bits per heavy atom. The highest BCUT2D eigenvalue weighted by molar-refractivity contribution is 5.76. The van der Waals surface area contributed by atoms with Gasteiger partial charge < -0.3 is 4.74 Å². The van der Waals surface area contributed by atoms with Crippen LogP contribution >= 0.6 is 0 Å². The number of benzene rings is 3. The molecule has 3 aromatic carbocycles. The van der Waals surface area contributed by atoms with E-state index in [4.69, 9.17) is 4.74 Å². The van der Waals surface area contributed by atoms with E-state index in [1.54, 1.807) is 0 Å². The smallest absolute Gasteiger partial charge is 0.134 e. The van der Waals surface area contributed by atoms with Crippen LogP contribution in [-0.2, 0) is 11.2 Å². The van der Waals surface area contributed by atoms with Crippen LogP contribution in [0.25, 0.3) is 11.1 Å². The summed E-state index contributed by atoms with van der Waals surface area (Å²) in [5.74, 6) is 0.481. The number of hydrogen-bond donors (Lipinski definition) is 1. The van der Waals surface area contributed by atoms with Crippen molar-refractivity contribution in [2.24, 2.45) is 0 Å². The Hall–Kier alpha value is -2.42. The van der Waals surface area contributed by atoms with E-state index in [-0.39, 0.29) is 6.23 Å². The maximum absolute atomic E-state index is 6.18. The Bertz CT molecular complexity index is 950. The van der Waals surface area contributed by atoms with Crippen LogP contribution in [0, 0.1) is 0 Å². The Morgan fingerprint density at radius 1 is 0.926 bits per heavy atom. The lowest BCUT2D eigenvalue weighted by atomic mass is 9.90. The zero-order valence-electron chi connectivity index (χ0n) is 15.7. The molecule has 1 saturated heterocycles. The van der Waals surface area contributed by atoms with Crippen LogP contribution in [0.4, 0.5) is 0 Å². The van der Waals surface area contributed by atoms with Gasteiger partial charge in [-0.25, -0.2) is 0 Å². The lowest BCUT2D eigenvalue weighted by molar-refractivity contribution is 0.100. The van der Waals surface area contributed by atoms with Gasteiger partial charge in [-0.3, -0.25) is 5.32 Å². The van der Waals surface area contributed by atoms with Gasteiger partial charge in [-0.2, -0.15) is 0 Å². The standard InChI is InChI=1S/C25H25NO/c1-2-21(17-8-4-3-5-9-17)24-16-27-25(26-24)19-12-13-23-20(15-19)14-18-10-6-7-11-22(18)23/h3-13,15,21,24-26H,2,14,16H2,1H3/t21-,24+,25-/m1/s1. The summed E-state index contributed by atoms with van der Waals surface area (Å²) in [5.41, 5.74) is 8.24. The first kappa shape index (κ1) is 16.7. The minimum Gasteiger partial charge on any atom is -0.357 e. The average molecular weight is 355 g/mol. The summed E-state index contributed by atoms with van der Waals surface area (Å²) in [6, 6.07) is 26.7. The van der Waals surface area contributed by atoms with Gasteiger partial charge in [0.1, 0.15) is 6.23 Å². The molecule has 0 unspecified atom stereocenters. The molecule has 3 aromatic rings. The zero-order valence-corrected chi connectivity index (χ0v) is 15.7. The Kier molecular flexibility index (Phi) is 4.31. The minimum atomic E-state index is -0.0122. The molecule has 0 saturated carbocycles. The maximum Gasteiger partial charge on any atom is 0.134 e. The van der Waals surface area contributed by atoms with Crippen molar-refractivity contribution in [3.63, 3.8) is 0 Å². The van der Waals surface area contributed by atoms with Gasteiger partial charge in [0.2, 0.25) is 0 Å². The predicted octanol–water partition coefficient (Wildman–Crippen LogP) is 5.44. The van der Waals surface area contributed by atoms with Crippen LogP contribution in [0.2, 0.25) is 0 Å². The van der Waals surface area contributed by atoms with Crippen LogP contribution in [-0.4, -0.2) is 12.6 Å². The summed E-state index contributed by atoms with van der Waals surface area (Å²) < 4.78 is 6.18. The molecule has 0 spiro atoms. The number of rotatable bonds is 4. The molecule has 0 amide bonds. The van der Waals surface area contributed by atoms with Crippen molar-refractivity contribution in [3.8, 4) is 11.1 Å². The molecular formula is C25H25NO. The van der Waals surface area contributed by atoms with Gasteiger partial charge in [0, 0.05) is 12.0 Å². The first-order valence-corrected chi connectivity index (χ1v) is 9.97. The molecule has 3 atom stereocenters. The van der Waals surface area contributed by atoms with E-state index in [0.29, 0.717) is 12.0 Å². The predicted molar refractivity (Wildman–Crippen MR) is 110 cm³/mol. The summed E-state index contributed by atoms with van der Waals surface area (Å²) in [7, 11) is 0. The monoisotopic (exact) mass is 355 g/mol. The fourth-order valence-electron chi connectivity index (χ4n) is 4.70. The number of nitrogens with one attached hydrogen (secondary N) is 1. The van der Waals surface area contributed by atoms with E-state index in [2.05, 4.69) is 85.0 Å². The molecule has 0 bridgehead atoms. The van der Waals surface area contributed by atoms with Gasteiger partial charge in [-0.15, -0.1) is 0 Å². The van der Waals surface area contributed by atoms with Gasteiger partial charge >= 0.3 is 0 Å². The van der Waals surface area contributed by atoms with Crippen molar-refractivity contribution in [2.75, 3.05) is 6.61 Å². The second kappa shape index (κ2) is 6.95. The molecule has 1 fully saturated rings. The van der Waals surface area contributed by atoms with Gasteiger partial charge in [0.25, 0.3) is 0 Å². The number of hydrogen-bond acceptors (Lipinski definition) is 2. The molecule has 1 aliphatic heterocycles. The molecular weight excluding hydrogens is 330 g/mol. The SMILES string of the molecule is CC[C@H](c1ccccc1)[C@@H]1CO[C@H](c2ccc3c(c2)Cc2ccccc2-3)N1. The molecule has 2 heteroatoms. The highest BCUT2D eigenvalue weighted by atomic mass is 16.5. The maximum atomic E-state index is 6.18.